The van der Waals surface area contributed by atoms with Crippen LogP contribution < -0.4 is 11.1 Å². The van der Waals surface area contributed by atoms with Crippen LogP contribution in [-0.4, -0.2) is 37.0 Å². The minimum absolute atomic E-state index is 0.0472. The average molecular weight is 258 g/mol. The lowest BCUT2D eigenvalue weighted by Crippen LogP contribution is -2.44. The van der Waals surface area contributed by atoms with Crippen molar-refractivity contribution in [3.63, 3.8) is 0 Å². The fourth-order valence-electron chi connectivity index (χ4n) is 2.14. The van der Waals surface area contributed by atoms with E-state index in [1.54, 1.807) is 0 Å². The van der Waals surface area contributed by atoms with Crippen molar-refractivity contribution in [1.29, 1.82) is 0 Å². The van der Waals surface area contributed by atoms with Gasteiger partial charge in [0.2, 0.25) is 0 Å². The molecule has 0 aromatic carbocycles. The molecule has 0 aromatic heterocycles. The molecule has 0 aromatic rings. The number of rotatable bonds is 4. The Morgan fingerprint density at radius 2 is 2.22 bits per heavy atom. The summed E-state index contributed by atoms with van der Waals surface area (Å²) in [7, 11) is 0. The lowest BCUT2D eigenvalue weighted by atomic mass is 9.94. The van der Waals surface area contributed by atoms with Crippen LogP contribution in [0.3, 0.4) is 0 Å². The monoisotopic (exact) mass is 258 g/mol. The largest absolute Gasteiger partial charge is 0.444 e. The van der Waals surface area contributed by atoms with Crippen LogP contribution in [0.25, 0.3) is 0 Å². The van der Waals surface area contributed by atoms with Crippen molar-refractivity contribution >= 4 is 6.09 Å². The van der Waals surface area contributed by atoms with Gasteiger partial charge in [-0.3, -0.25) is 0 Å². The number of nitrogens with two attached hydrogens (primary N) is 1. The summed E-state index contributed by atoms with van der Waals surface area (Å²) in [5.41, 5.74) is 5.22. The Labute approximate surface area is 109 Å². The highest BCUT2D eigenvalue weighted by Crippen LogP contribution is 2.24. The molecule has 5 nitrogen and oxygen atoms in total. The highest BCUT2D eigenvalue weighted by molar-refractivity contribution is 5.68. The van der Waals surface area contributed by atoms with Gasteiger partial charge in [0.05, 0.1) is 6.10 Å². The van der Waals surface area contributed by atoms with Gasteiger partial charge in [0, 0.05) is 19.2 Å². The third-order valence-corrected chi connectivity index (χ3v) is 3.13. The van der Waals surface area contributed by atoms with Crippen molar-refractivity contribution in [1.82, 2.24) is 5.32 Å². The maximum absolute atomic E-state index is 11.7. The maximum atomic E-state index is 11.7. The number of hydrogen-bond donors (Lipinski definition) is 2. The van der Waals surface area contributed by atoms with Gasteiger partial charge in [-0.15, -0.1) is 0 Å². The molecule has 1 aliphatic rings. The first-order valence-electron chi connectivity index (χ1n) is 6.63. The molecule has 18 heavy (non-hydrogen) atoms. The van der Waals surface area contributed by atoms with E-state index < -0.39 is 11.7 Å². The molecule has 3 N–H and O–H groups in total. The Hall–Kier alpha value is -0.810. The Balaban J connectivity index is 2.39. The first kappa shape index (κ1) is 15.2. The van der Waals surface area contributed by atoms with Crippen molar-refractivity contribution in [2.75, 3.05) is 13.2 Å². The number of carbonyl (C=O) groups is 1. The first-order chi connectivity index (χ1) is 8.31. The van der Waals surface area contributed by atoms with Gasteiger partial charge < -0.3 is 20.5 Å². The zero-order chi connectivity index (χ0) is 13.8. The smallest absolute Gasteiger partial charge is 0.407 e. The van der Waals surface area contributed by atoms with E-state index in [0.717, 1.165) is 19.4 Å². The lowest BCUT2D eigenvalue weighted by Gasteiger charge is -2.25. The molecular formula is C13H26N2O3. The van der Waals surface area contributed by atoms with Crippen LogP contribution >= 0.6 is 0 Å². The molecule has 0 aliphatic carbocycles. The number of hydrogen-bond acceptors (Lipinski definition) is 4. The maximum Gasteiger partial charge on any atom is 0.407 e. The first-order valence-corrected chi connectivity index (χ1v) is 6.63. The molecule has 1 amide bonds. The summed E-state index contributed by atoms with van der Waals surface area (Å²) in [6.07, 6.45) is 1.73. The zero-order valence-electron chi connectivity index (χ0n) is 11.9. The van der Waals surface area contributed by atoms with Gasteiger partial charge in [-0.1, -0.05) is 0 Å². The molecule has 0 radical (unpaired) electrons. The number of alkyl carbamates (subject to hydrolysis) is 1. The number of ether oxygens (including phenoxy) is 2. The molecule has 1 saturated heterocycles. The van der Waals surface area contributed by atoms with Gasteiger partial charge in [0.15, 0.2) is 0 Å². The van der Waals surface area contributed by atoms with Gasteiger partial charge in [-0.25, -0.2) is 4.79 Å². The molecule has 1 heterocycles. The number of amides is 1. The molecule has 3 atom stereocenters. The van der Waals surface area contributed by atoms with Crippen LogP contribution in [0.5, 0.6) is 0 Å². The van der Waals surface area contributed by atoms with Crippen LogP contribution in [0, 0.1) is 5.92 Å². The van der Waals surface area contributed by atoms with E-state index >= 15 is 0 Å². The summed E-state index contributed by atoms with van der Waals surface area (Å²) in [5.74, 6) is 0.466. The van der Waals surface area contributed by atoms with E-state index in [0.29, 0.717) is 12.5 Å². The quantitative estimate of drug-likeness (QED) is 0.804. The summed E-state index contributed by atoms with van der Waals surface area (Å²) < 4.78 is 10.7. The molecule has 1 fully saturated rings. The van der Waals surface area contributed by atoms with E-state index in [2.05, 4.69) is 12.2 Å². The van der Waals surface area contributed by atoms with Crippen molar-refractivity contribution < 1.29 is 14.3 Å². The van der Waals surface area contributed by atoms with E-state index in [1.807, 2.05) is 20.8 Å². The normalized spacial score (nSPS) is 25.8. The fourth-order valence-corrected chi connectivity index (χ4v) is 2.14. The Bertz CT molecular complexity index is 276. The van der Waals surface area contributed by atoms with Crippen LogP contribution in [0.2, 0.25) is 0 Å². The minimum Gasteiger partial charge on any atom is -0.444 e. The third-order valence-electron chi connectivity index (χ3n) is 3.13. The predicted octanol–water partition coefficient (Wildman–Crippen LogP) is 1.65. The number of nitrogens with one attached hydrogen (secondary N) is 1. The van der Waals surface area contributed by atoms with Crippen LogP contribution in [-0.2, 0) is 9.47 Å². The average Bonchev–Trinajstić information content (AvgIpc) is 2.60. The van der Waals surface area contributed by atoms with Crippen LogP contribution in [0.4, 0.5) is 4.79 Å². The summed E-state index contributed by atoms with van der Waals surface area (Å²) in [6, 6.07) is -0.0472. The zero-order valence-corrected chi connectivity index (χ0v) is 11.9. The van der Waals surface area contributed by atoms with Crippen molar-refractivity contribution in [3.8, 4) is 0 Å². The van der Waals surface area contributed by atoms with E-state index in [1.165, 1.54) is 0 Å². The standard InChI is InChI=1S/C13H26N2O3/c1-9-10(5-6-17-9)7-11(8-14)15-12(16)18-13(2,3)4/h9-11H,5-8,14H2,1-4H3,(H,15,16). The fraction of sp³-hybridized carbons (Fsp3) is 0.923. The van der Waals surface area contributed by atoms with Gasteiger partial charge in [0.1, 0.15) is 5.60 Å². The highest BCUT2D eigenvalue weighted by atomic mass is 16.6. The molecule has 1 aliphatic heterocycles. The van der Waals surface area contributed by atoms with Gasteiger partial charge in [-0.2, -0.15) is 0 Å². The molecule has 5 heteroatoms. The van der Waals surface area contributed by atoms with E-state index in [-0.39, 0.29) is 12.1 Å². The van der Waals surface area contributed by atoms with Crippen molar-refractivity contribution in [3.05, 3.63) is 0 Å². The van der Waals surface area contributed by atoms with Crippen LogP contribution in [0.1, 0.15) is 40.5 Å². The second kappa shape index (κ2) is 6.38. The van der Waals surface area contributed by atoms with Gasteiger partial charge in [0.25, 0.3) is 0 Å². The van der Waals surface area contributed by atoms with E-state index in [9.17, 15) is 4.79 Å². The molecule has 0 bridgehead atoms. The van der Waals surface area contributed by atoms with Gasteiger partial charge >= 0.3 is 6.09 Å². The van der Waals surface area contributed by atoms with Crippen LogP contribution in [0.15, 0.2) is 0 Å². The molecule has 106 valence electrons. The minimum atomic E-state index is -0.479. The molecule has 0 saturated carbocycles. The molecule has 1 rings (SSSR count). The van der Waals surface area contributed by atoms with Crippen molar-refractivity contribution in [2.45, 2.75) is 58.3 Å². The summed E-state index contributed by atoms with van der Waals surface area (Å²) in [5, 5.41) is 2.83. The van der Waals surface area contributed by atoms with Crippen molar-refractivity contribution in [2.24, 2.45) is 11.7 Å². The van der Waals surface area contributed by atoms with E-state index in [4.69, 9.17) is 15.2 Å². The molecule has 0 spiro atoms. The second-order valence-electron chi connectivity index (χ2n) is 5.94. The second-order valence-corrected chi connectivity index (χ2v) is 5.94. The Kier molecular flexibility index (Phi) is 5.41. The Morgan fingerprint density at radius 3 is 2.67 bits per heavy atom. The SMILES string of the molecule is CC1OCCC1CC(CN)NC(=O)OC(C)(C)C. The summed E-state index contributed by atoms with van der Waals surface area (Å²) in [4.78, 5) is 11.7. The topological polar surface area (TPSA) is 73.6 Å². The van der Waals surface area contributed by atoms with Gasteiger partial charge in [-0.05, 0) is 46.5 Å². The lowest BCUT2D eigenvalue weighted by molar-refractivity contribution is 0.0489. The summed E-state index contributed by atoms with van der Waals surface area (Å²) in [6.45, 7) is 8.82. The molecular weight excluding hydrogens is 232 g/mol. The third kappa shape index (κ3) is 5.23. The number of carbonyl (C=O) groups excluding carboxylic acids is 1. The summed E-state index contributed by atoms with van der Waals surface area (Å²) >= 11 is 0. The predicted molar refractivity (Wildman–Crippen MR) is 70.4 cm³/mol. The highest BCUT2D eigenvalue weighted by Gasteiger charge is 2.28. The Morgan fingerprint density at radius 1 is 1.56 bits per heavy atom. The molecule has 3 unspecified atom stereocenters.